The number of aliphatic hydroxyl groups is 1. The molecule has 1 N–H and O–H groups in total. The van der Waals surface area contributed by atoms with Crippen molar-refractivity contribution in [1.29, 1.82) is 0 Å². The van der Waals surface area contributed by atoms with Gasteiger partial charge in [0.1, 0.15) is 6.10 Å². The highest BCUT2D eigenvalue weighted by molar-refractivity contribution is 6.31. The van der Waals surface area contributed by atoms with Gasteiger partial charge in [0.2, 0.25) is 0 Å². The molecule has 0 saturated heterocycles. The van der Waals surface area contributed by atoms with Crippen LogP contribution in [0.3, 0.4) is 0 Å². The van der Waals surface area contributed by atoms with Crippen LogP contribution in [0.15, 0.2) is 36.4 Å². The van der Waals surface area contributed by atoms with E-state index in [0.29, 0.717) is 16.5 Å². The van der Waals surface area contributed by atoms with E-state index >= 15 is 0 Å². The second kappa shape index (κ2) is 6.16. The highest BCUT2D eigenvalue weighted by atomic mass is 35.5. The van der Waals surface area contributed by atoms with Crippen molar-refractivity contribution in [2.24, 2.45) is 0 Å². The van der Waals surface area contributed by atoms with Crippen molar-refractivity contribution in [3.8, 4) is 11.5 Å². The number of aliphatic hydroxyl groups excluding tert-OH is 1. The summed E-state index contributed by atoms with van der Waals surface area (Å²) in [5, 5.41) is 11.1. The maximum Gasteiger partial charge on any atom is 0.161 e. The van der Waals surface area contributed by atoms with Crippen LogP contribution >= 0.6 is 11.6 Å². The van der Waals surface area contributed by atoms with E-state index in [1.165, 1.54) is 0 Å². The molecule has 0 aliphatic heterocycles. The molecular weight excluding hydrogens is 276 g/mol. The molecule has 1 atom stereocenters. The molecular formula is C16H17ClO3. The van der Waals surface area contributed by atoms with E-state index in [1.807, 2.05) is 25.1 Å². The first-order valence-corrected chi connectivity index (χ1v) is 6.60. The lowest BCUT2D eigenvalue weighted by molar-refractivity contribution is 0.219. The zero-order valence-electron chi connectivity index (χ0n) is 11.7. The highest BCUT2D eigenvalue weighted by Gasteiger charge is 2.14. The second-order valence-electron chi connectivity index (χ2n) is 4.53. The van der Waals surface area contributed by atoms with Gasteiger partial charge in [-0.05, 0) is 41.8 Å². The van der Waals surface area contributed by atoms with Crippen LogP contribution < -0.4 is 9.47 Å². The van der Waals surface area contributed by atoms with Crippen LogP contribution in [0, 0.1) is 6.92 Å². The predicted molar refractivity (Wildman–Crippen MR) is 79.8 cm³/mol. The van der Waals surface area contributed by atoms with Gasteiger partial charge in [0.25, 0.3) is 0 Å². The van der Waals surface area contributed by atoms with E-state index in [4.69, 9.17) is 21.1 Å². The smallest absolute Gasteiger partial charge is 0.161 e. The van der Waals surface area contributed by atoms with Gasteiger partial charge in [0.15, 0.2) is 11.5 Å². The first-order chi connectivity index (χ1) is 9.56. The summed E-state index contributed by atoms with van der Waals surface area (Å²) in [5.41, 5.74) is 2.46. The number of halogens is 1. The molecule has 0 bridgehead atoms. The molecule has 0 aromatic heterocycles. The number of rotatable bonds is 4. The van der Waals surface area contributed by atoms with Crippen LogP contribution in [-0.4, -0.2) is 19.3 Å². The Morgan fingerprint density at radius 3 is 2.15 bits per heavy atom. The van der Waals surface area contributed by atoms with Crippen molar-refractivity contribution in [2.45, 2.75) is 13.0 Å². The van der Waals surface area contributed by atoms with Crippen molar-refractivity contribution in [1.82, 2.24) is 0 Å². The second-order valence-corrected chi connectivity index (χ2v) is 4.93. The van der Waals surface area contributed by atoms with E-state index in [1.54, 1.807) is 32.4 Å². The summed E-state index contributed by atoms with van der Waals surface area (Å²) in [6, 6.07) is 10.8. The SMILES string of the molecule is COc1ccc(C(O)c2ccc(Cl)c(C)c2)cc1OC. The Balaban J connectivity index is 2.37. The topological polar surface area (TPSA) is 38.7 Å². The average molecular weight is 293 g/mol. The zero-order valence-corrected chi connectivity index (χ0v) is 12.4. The fraction of sp³-hybridized carbons (Fsp3) is 0.250. The molecule has 3 nitrogen and oxygen atoms in total. The molecule has 106 valence electrons. The molecule has 0 heterocycles. The molecule has 0 spiro atoms. The third-order valence-corrected chi connectivity index (χ3v) is 3.65. The van der Waals surface area contributed by atoms with Gasteiger partial charge in [-0.1, -0.05) is 29.8 Å². The van der Waals surface area contributed by atoms with Gasteiger partial charge in [-0.25, -0.2) is 0 Å². The molecule has 0 saturated carbocycles. The normalized spacial score (nSPS) is 12.1. The van der Waals surface area contributed by atoms with E-state index in [2.05, 4.69) is 0 Å². The maximum absolute atomic E-state index is 10.5. The first-order valence-electron chi connectivity index (χ1n) is 6.23. The van der Waals surface area contributed by atoms with Crippen LogP contribution in [0.1, 0.15) is 22.8 Å². The summed E-state index contributed by atoms with van der Waals surface area (Å²) in [6.45, 7) is 1.91. The lowest BCUT2D eigenvalue weighted by atomic mass is 9.99. The van der Waals surface area contributed by atoms with Crippen molar-refractivity contribution in [2.75, 3.05) is 14.2 Å². The Kier molecular flexibility index (Phi) is 4.53. The Morgan fingerprint density at radius 2 is 1.55 bits per heavy atom. The van der Waals surface area contributed by atoms with Gasteiger partial charge in [0.05, 0.1) is 14.2 Å². The molecule has 0 radical (unpaired) electrons. The molecule has 0 aliphatic carbocycles. The third kappa shape index (κ3) is 2.89. The minimum atomic E-state index is -0.731. The van der Waals surface area contributed by atoms with Crippen LogP contribution in [-0.2, 0) is 0 Å². The lowest BCUT2D eigenvalue weighted by Gasteiger charge is -2.15. The highest BCUT2D eigenvalue weighted by Crippen LogP contribution is 2.32. The fourth-order valence-electron chi connectivity index (χ4n) is 2.05. The third-order valence-electron chi connectivity index (χ3n) is 3.22. The number of methoxy groups -OCH3 is 2. The Hall–Kier alpha value is -1.71. The van der Waals surface area contributed by atoms with Crippen molar-refractivity contribution < 1.29 is 14.6 Å². The number of benzene rings is 2. The van der Waals surface area contributed by atoms with Gasteiger partial charge in [-0.3, -0.25) is 0 Å². The first kappa shape index (κ1) is 14.7. The van der Waals surface area contributed by atoms with Gasteiger partial charge in [-0.15, -0.1) is 0 Å². The van der Waals surface area contributed by atoms with Crippen molar-refractivity contribution in [3.05, 3.63) is 58.1 Å². The number of ether oxygens (including phenoxy) is 2. The van der Waals surface area contributed by atoms with Gasteiger partial charge < -0.3 is 14.6 Å². The number of aryl methyl sites for hydroxylation is 1. The quantitative estimate of drug-likeness (QED) is 0.933. The monoisotopic (exact) mass is 292 g/mol. The average Bonchev–Trinajstić information content (AvgIpc) is 2.48. The lowest BCUT2D eigenvalue weighted by Crippen LogP contribution is -2.01. The Labute approximate surface area is 123 Å². The van der Waals surface area contributed by atoms with E-state index in [9.17, 15) is 5.11 Å². The van der Waals surface area contributed by atoms with Crippen molar-refractivity contribution >= 4 is 11.6 Å². The molecule has 2 aromatic carbocycles. The fourth-order valence-corrected chi connectivity index (χ4v) is 2.17. The minimum Gasteiger partial charge on any atom is -0.493 e. The van der Waals surface area contributed by atoms with Gasteiger partial charge >= 0.3 is 0 Å². The summed E-state index contributed by atoms with van der Waals surface area (Å²) in [5.74, 6) is 1.23. The molecule has 0 amide bonds. The van der Waals surface area contributed by atoms with Crippen molar-refractivity contribution in [3.63, 3.8) is 0 Å². The summed E-state index contributed by atoms with van der Waals surface area (Å²) < 4.78 is 10.4. The van der Waals surface area contributed by atoms with Gasteiger partial charge in [-0.2, -0.15) is 0 Å². The molecule has 0 aliphatic rings. The Bertz CT molecular complexity index is 611. The number of hydrogen-bond acceptors (Lipinski definition) is 3. The molecule has 2 rings (SSSR count). The summed E-state index contributed by atoms with van der Waals surface area (Å²) in [4.78, 5) is 0. The zero-order chi connectivity index (χ0) is 14.7. The van der Waals surface area contributed by atoms with Gasteiger partial charge in [0, 0.05) is 5.02 Å². The van der Waals surface area contributed by atoms with E-state index < -0.39 is 6.10 Å². The summed E-state index contributed by atoms with van der Waals surface area (Å²) >= 11 is 6.00. The summed E-state index contributed by atoms with van der Waals surface area (Å²) in [6.07, 6.45) is -0.731. The van der Waals surface area contributed by atoms with Crippen LogP contribution in [0.25, 0.3) is 0 Å². The predicted octanol–water partition coefficient (Wildman–Crippen LogP) is 3.75. The largest absolute Gasteiger partial charge is 0.493 e. The van der Waals surface area contributed by atoms with Crippen LogP contribution in [0.4, 0.5) is 0 Å². The maximum atomic E-state index is 10.5. The van der Waals surface area contributed by atoms with Crippen LogP contribution in [0.2, 0.25) is 5.02 Å². The van der Waals surface area contributed by atoms with E-state index in [-0.39, 0.29) is 0 Å². The number of hydrogen-bond donors (Lipinski definition) is 1. The minimum absolute atomic E-state index is 0.592. The van der Waals surface area contributed by atoms with E-state index in [0.717, 1.165) is 16.7 Å². The molecule has 0 fully saturated rings. The van der Waals surface area contributed by atoms with Crippen LogP contribution in [0.5, 0.6) is 11.5 Å². The Morgan fingerprint density at radius 1 is 0.950 bits per heavy atom. The molecule has 4 heteroatoms. The standard InChI is InChI=1S/C16H17ClO3/c1-10-8-11(4-6-13(10)17)16(18)12-5-7-14(19-2)15(9-12)20-3/h4-9,16,18H,1-3H3. The molecule has 2 aromatic rings. The molecule has 1 unspecified atom stereocenters. The molecule has 20 heavy (non-hydrogen) atoms. The summed E-state index contributed by atoms with van der Waals surface area (Å²) in [7, 11) is 3.15.